The molecule has 5 heteroatoms. The van der Waals surface area contributed by atoms with E-state index >= 15 is 0 Å². The quantitative estimate of drug-likeness (QED) is 0.312. The highest BCUT2D eigenvalue weighted by molar-refractivity contribution is 9.10. The van der Waals surface area contributed by atoms with Crippen LogP contribution in [0, 0.1) is 10.8 Å². The third-order valence-electron chi connectivity index (χ3n) is 7.76. The van der Waals surface area contributed by atoms with Gasteiger partial charge in [0.05, 0.1) is 6.61 Å². The number of hydrogen-bond donors (Lipinski definition) is 1. The molecule has 1 heterocycles. The van der Waals surface area contributed by atoms with Crippen LogP contribution >= 0.6 is 15.9 Å². The maximum Gasteiger partial charge on any atom is 0.162 e. The van der Waals surface area contributed by atoms with Crippen LogP contribution in [0.4, 0.5) is 0 Å². The molecule has 4 rings (SSSR count). The Labute approximate surface area is 225 Å². The molecule has 1 aliphatic heterocycles. The lowest BCUT2D eigenvalue weighted by Crippen LogP contribution is -2.42. The molecule has 0 atom stereocenters. The minimum absolute atomic E-state index is 0.103. The lowest BCUT2D eigenvalue weighted by atomic mass is 9.64. The largest absolute Gasteiger partial charge is 0.493 e. The Morgan fingerprint density at radius 3 is 2.00 bits per heavy atom. The summed E-state index contributed by atoms with van der Waals surface area (Å²) in [6, 6.07) is 6.04. The number of rotatable bonds is 9. The van der Waals surface area contributed by atoms with Crippen molar-refractivity contribution in [2.45, 2.75) is 105 Å². The molecule has 1 aromatic carbocycles. The number of nitrogens with one attached hydrogen (secondary N) is 1. The van der Waals surface area contributed by atoms with Crippen LogP contribution in [0.3, 0.4) is 0 Å². The molecule has 1 aromatic rings. The van der Waals surface area contributed by atoms with Crippen LogP contribution < -0.4 is 10.1 Å². The second-order valence-corrected chi connectivity index (χ2v) is 13.4. The molecule has 0 amide bonds. The SMILES string of the molecule is CCCCCCCCOc1ccc(Br)cc1C1C2=C(CC(C)(C)CC2=O)NC2=C1C(=O)CC(C)(C)C2. The van der Waals surface area contributed by atoms with Crippen molar-refractivity contribution in [1.82, 2.24) is 5.32 Å². The van der Waals surface area contributed by atoms with Gasteiger partial charge in [-0.15, -0.1) is 0 Å². The van der Waals surface area contributed by atoms with Gasteiger partial charge in [0.1, 0.15) is 5.75 Å². The van der Waals surface area contributed by atoms with E-state index in [1.807, 2.05) is 12.1 Å². The van der Waals surface area contributed by atoms with Gasteiger partial charge in [-0.2, -0.15) is 0 Å². The van der Waals surface area contributed by atoms with Crippen molar-refractivity contribution in [3.05, 3.63) is 50.8 Å². The van der Waals surface area contributed by atoms with Crippen LogP contribution in [-0.4, -0.2) is 18.2 Å². The minimum atomic E-state index is -0.375. The molecule has 0 bridgehead atoms. The molecular weight excluding hydrogens is 514 g/mol. The molecule has 0 saturated carbocycles. The summed E-state index contributed by atoms with van der Waals surface area (Å²) in [6.45, 7) is 11.5. The lowest BCUT2D eigenvalue weighted by Gasteiger charge is -2.44. The summed E-state index contributed by atoms with van der Waals surface area (Å²) >= 11 is 3.65. The van der Waals surface area contributed by atoms with E-state index in [0.717, 1.165) is 64.0 Å². The standard InChI is InChI=1S/C31H42BrNO3/c1-6-7-8-9-10-11-14-36-26-13-12-20(32)15-21(26)27-28-22(16-30(2,3)18-24(28)34)33-23-17-31(4,5)19-25(35)29(23)27/h12-13,15,27,33H,6-11,14,16-19H2,1-5H3. The number of dihydropyridines is 1. The molecule has 4 nitrogen and oxygen atoms in total. The smallest absolute Gasteiger partial charge is 0.162 e. The van der Waals surface area contributed by atoms with Crippen LogP contribution in [-0.2, 0) is 9.59 Å². The first-order valence-corrected chi connectivity index (χ1v) is 14.5. The van der Waals surface area contributed by atoms with Gasteiger partial charge >= 0.3 is 0 Å². The first-order valence-electron chi connectivity index (χ1n) is 13.7. The highest BCUT2D eigenvalue weighted by Gasteiger charge is 2.47. The van der Waals surface area contributed by atoms with Gasteiger partial charge in [-0.1, -0.05) is 82.7 Å². The average Bonchev–Trinajstić information content (AvgIpc) is 2.76. The number of ether oxygens (including phenoxy) is 1. The van der Waals surface area contributed by atoms with Gasteiger partial charge in [0.15, 0.2) is 11.6 Å². The first-order chi connectivity index (χ1) is 17.0. The molecule has 3 aliphatic rings. The molecule has 2 aliphatic carbocycles. The summed E-state index contributed by atoms with van der Waals surface area (Å²) in [5.41, 5.74) is 4.24. The van der Waals surface area contributed by atoms with E-state index in [9.17, 15) is 9.59 Å². The maximum absolute atomic E-state index is 13.6. The molecule has 196 valence electrons. The second-order valence-electron chi connectivity index (χ2n) is 12.5. The second kappa shape index (κ2) is 10.8. The van der Waals surface area contributed by atoms with Gasteiger partial charge < -0.3 is 10.1 Å². The Morgan fingerprint density at radius 2 is 1.42 bits per heavy atom. The summed E-state index contributed by atoms with van der Waals surface area (Å²) in [5, 5.41) is 3.60. The summed E-state index contributed by atoms with van der Waals surface area (Å²) in [6.07, 6.45) is 9.81. The van der Waals surface area contributed by atoms with E-state index in [-0.39, 0.29) is 28.3 Å². The summed E-state index contributed by atoms with van der Waals surface area (Å²) in [4.78, 5) is 27.3. The molecule has 0 unspecified atom stereocenters. The lowest BCUT2D eigenvalue weighted by molar-refractivity contribution is -0.119. The van der Waals surface area contributed by atoms with Gasteiger partial charge in [0.2, 0.25) is 0 Å². The van der Waals surface area contributed by atoms with Crippen molar-refractivity contribution >= 4 is 27.5 Å². The van der Waals surface area contributed by atoms with E-state index in [4.69, 9.17) is 4.74 Å². The Morgan fingerprint density at radius 1 is 0.861 bits per heavy atom. The molecule has 0 spiro atoms. The zero-order valence-corrected chi connectivity index (χ0v) is 24.3. The van der Waals surface area contributed by atoms with Crippen molar-refractivity contribution in [1.29, 1.82) is 0 Å². The highest BCUT2D eigenvalue weighted by atomic mass is 79.9. The van der Waals surface area contributed by atoms with E-state index in [1.165, 1.54) is 25.7 Å². The number of allylic oxidation sites excluding steroid dienone is 4. The van der Waals surface area contributed by atoms with Crippen molar-refractivity contribution < 1.29 is 14.3 Å². The van der Waals surface area contributed by atoms with E-state index in [0.29, 0.717) is 19.4 Å². The van der Waals surface area contributed by atoms with E-state index < -0.39 is 0 Å². The number of carbonyl (C=O) groups is 2. The van der Waals surface area contributed by atoms with Gasteiger partial charge in [-0.25, -0.2) is 0 Å². The number of carbonyl (C=O) groups excluding carboxylic acids is 2. The van der Waals surface area contributed by atoms with Gasteiger partial charge in [-0.05, 0) is 48.3 Å². The molecule has 36 heavy (non-hydrogen) atoms. The first kappa shape index (κ1) is 27.2. The summed E-state index contributed by atoms with van der Waals surface area (Å²) < 4.78 is 7.28. The van der Waals surface area contributed by atoms with Crippen LogP contribution in [0.5, 0.6) is 5.75 Å². The summed E-state index contributed by atoms with van der Waals surface area (Å²) in [5.74, 6) is 0.697. The number of benzene rings is 1. The predicted octanol–water partition coefficient (Wildman–Crippen LogP) is 8.16. The van der Waals surface area contributed by atoms with Crippen molar-refractivity contribution in [2.24, 2.45) is 10.8 Å². The third kappa shape index (κ3) is 5.98. The van der Waals surface area contributed by atoms with Crippen LogP contribution in [0.25, 0.3) is 0 Å². The number of halogens is 1. The molecule has 0 saturated heterocycles. The highest BCUT2D eigenvalue weighted by Crippen LogP contribution is 2.52. The monoisotopic (exact) mass is 555 g/mol. The van der Waals surface area contributed by atoms with E-state index in [2.05, 4.69) is 61.9 Å². The number of unbranched alkanes of at least 4 members (excludes halogenated alkanes) is 5. The normalized spacial score (nSPS) is 21.3. The summed E-state index contributed by atoms with van der Waals surface area (Å²) in [7, 11) is 0. The number of ketones is 2. The Bertz CT molecular complexity index is 1040. The van der Waals surface area contributed by atoms with Gasteiger partial charge in [-0.3, -0.25) is 9.59 Å². The van der Waals surface area contributed by atoms with Crippen LogP contribution in [0.2, 0.25) is 0 Å². The van der Waals surface area contributed by atoms with Gasteiger partial charge in [0, 0.05) is 51.3 Å². The average molecular weight is 557 g/mol. The van der Waals surface area contributed by atoms with Crippen molar-refractivity contribution in [3.63, 3.8) is 0 Å². The Kier molecular flexibility index (Phi) is 8.19. The fourth-order valence-electron chi connectivity index (χ4n) is 6.14. The predicted molar refractivity (Wildman–Crippen MR) is 149 cm³/mol. The fraction of sp³-hybridized carbons (Fsp3) is 0.613. The maximum atomic E-state index is 13.6. The molecular formula is C31H42BrNO3. The molecule has 0 radical (unpaired) electrons. The van der Waals surface area contributed by atoms with Crippen molar-refractivity contribution in [2.75, 3.05) is 6.61 Å². The third-order valence-corrected chi connectivity index (χ3v) is 8.25. The number of hydrogen-bond acceptors (Lipinski definition) is 4. The van der Waals surface area contributed by atoms with E-state index in [1.54, 1.807) is 0 Å². The number of Topliss-reactive ketones (excluding diaryl/α,β-unsaturated/α-hetero) is 2. The van der Waals surface area contributed by atoms with Crippen LogP contribution in [0.15, 0.2) is 45.2 Å². The molecule has 1 N–H and O–H groups in total. The van der Waals surface area contributed by atoms with Crippen LogP contribution in [0.1, 0.15) is 110 Å². The fourth-order valence-corrected chi connectivity index (χ4v) is 6.52. The minimum Gasteiger partial charge on any atom is -0.493 e. The Hall–Kier alpha value is -1.88. The molecule has 0 fully saturated rings. The zero-order chi connectivity index (χ0) is 26.1. The molecule has 0 aromatic heterocycles. The van der Waals surface area contributed by atoms with Gasteiger partial charge in [0.25, 0.3) is 0 Å². The van der Waals surface area contributed by atoms with Crippen molar-refractivity contribution in [3.8, 4) is 5.75 Å². The zero-order valence-electron chi connectivity index (χ0n) is 22.7. The topological polar surface area (TPSA) is 55.4 Å². The Balaban J connectivity index is 1.71.